The van der Waals surface area contributed by atoms with Crippen molar-refractivity contribution >= 4 is 23.2 Å². The first-order valence-corrected chi connectivity index (χ1v) is 7.48. The highest BCUT2D eigenvalue weighted by atomic mass is 32.1. The summed E-state index contributed by atoms with van der Waals surface area (Å²) in [5.41, 5.74) is 0. The van der Waals surface area contributed by atoms with Gasteiger partial charge in [0.1, 0.15) is 0 Å². The Labute approximate surface area is 116 Å². The van der Waals surface area contributed by atoms with Crippen LogP contribution in [0.5, 0.6) is 0 Å². The number of hydrogen-bond acceptors (Lipinski definition) is 4. The van der Waals surface area contributed by atoms with Gasteiger partial charge in [0.15, 0.2) is 5.01 Å². The molecule has 2 N–H and O–H groups in total. The standard InChI is InChI=1S/C13H18N2O3S/c16-11(12-14-6-7-19-12)10(15-13(17)18)8-9-4-2-1-3-5-9/h6-7,9-10,15H,1-5,8H2,(H,17,18). The van der Waals surface area contributed by atoms with Crippen LogP contribution in [0.4, 0.5) is 4.79 Å². The van der Waals surface area contributed by atoms with Crippen molar-refractivity contribution < 1.29 is 14.7 Å². The van der Waals surface area contributed by atoms with Gasteiger partial charge in [-0.3, -0.25) is 4.79 Å². The van der Waals surface area contributed by atoms with Crippen LogP contribution in [0.3, 0.4) is 0 Å². The summed E-state index contributed by atoms with van der Waals surface area (Å²) in [7, 11) is 0. The van der Waals surface area contributed by atoms with Gasteiger partial charge < -0.3 is 10.4 Å². The second-order valence-corrected chi connectivity index (χ2v) is 5.84. The largest absolute Gasteiger partial charge is 0.465 e. The van der Waals surface area contributed by atoms with E-state index in [2.05, 4.69) is 10.3 Å². The molecule has 19 heavy (non-hydrogen) atoms. The van der Waals surface area contributed by atoms with Crippen molar-refractivity contribution in [2.45, 2.75) is 44.6 Å². The smallest absolute Gasteiger partial charge is 0.405 e. The molecule has 0 bridgehead atoms. The highest BCUT2D eigenvalue weighted by Gasteiger charge is 2.27. The zero-order valence-electron chi connectivity index (χ0n) is 10.7. The maximum Gasteiger partial charge on any atom is 0.405 e. The van der Waals surface area contributed by atoms with Gasteiger partial charge in [0, 0.05) is 11.6 Å². The van der Waals surface area contributed by atoms with Crippen LogP contribution < -0.4 is 5.32 Å². The van der Waals surface area contributed by atoms with Crippen molar-refractivity contribution in [3.05, 3.63) is 16.6 Å². The lowest BCUT2D eigenvalue weighted by Crippen LogP contribution is -2.41. The molecule has 6 heteroatoms. The van der Waals surface area contributed by atoms with E-state index in [9.17, 15) is 9.59 Å². The van der Waals surface area contributed by atoms with Crippen LogP contribution in [0.1, 0.15) is 48.3 Å². The minimum atomic E-state index is -1.15. The summed E-state index contributed by atoms with van der Waals surface area (Å²) in [5.74, 6) is 0.234. The van der Waals surface area contributed by atoms with Crippen molar-refractivity contribution in [1.29, 1.82) is 0 Å². The van der Waals surface area contributed by atoms with Crippen LogP contribution in [0.25, 0.3) is 0 Å². The number of thiazole rings is 1. The number of carboxylic acid groups (broad SMARTS) is 1. The molecular weight excluding hydrogens is 264 g/mol. The molecule has 1 unspecified atom stereocenters. The Morgan fingerprint density at radius 1 is 1.42 bits per heavy atom. The molecule has 1 heterocycles. The fourth-order valence-corrected chi connectivity index (χ4v) is 3.26. The molecular formula is C13H18N2O3S. The van der Waals surface area contributed by atoms with E-state index in [-0.39, 0.29) is 5.78 Å². The average molecular weight is 282 g/mol. The molecule has 2 rings (SSSR count). The molecule has 1 aromatic heterocycles. The highest BCUT2D eigenvalue weighted by molar-refractivity contribution is 7.11. The Morgan fingerprint density at radius 3 is 2.74 bits per heavy atom. The molecule has 0 aromatic carbocycles. The van der Waals surface area contributed by atoms with Crippen molar-refractivity contribution in [3.8, 4) is 0 Å². The van der Waals surface area contributed by atoms with Crippen LogP contribution in [0.2, 0.25) is 0 Å². The quantitative estimate of drug-likeness (QED) is 0.814. The van der Waals surface area contributed by atoms with Gasteiger partial charge in [-0.2, -0.15) is 0 Å². The fraction of sp³-hybridized carbons (Fsp3) is 0.615. The second kappa shape index (κ2) is 6.65. The topological polar surface area (TPSA) is 79.3 Å². The number of aromatic nitrogens is 1. The van der Waals surface area contributed by atoms with Crippen LogP contribution in [-0.4, -0.2) is 28.0 Å². The van der Waals surface area contributed by atoms with E-state index >= 15 is 0 Å². The molecule has 1 aliphatic rings. The lowest BCUT2D eigenvalue weighted by atomic mass is 9.84. The second-order valence-electron chi connectivity index (χ2n) is 4.94. The Hall–Kier alpha value is -1.43. The van der Waals surface area contributed by atoms with Gasteiger partial charge in [0.05, 0.1) is 6.04 Å². The van der Waals surface area contributed by atoms with Crippen LogP contribution in [-0.2, 0) is 0 Å². The Bertz CT molecular complexity index is 427. The maximum absolute atomic E-state index is 12.2. The molecule has 1 aromatic rings. The third kappa shape index (κ3) is 4.02. The molecule has 1 amide bonds. The van der Waals surface area contributed by atoms with E-state index in [1.165, 1.54) is 30.6 Å². The number of ketones is 1. The summed E-state index contributed by atoms with van der Waals surface area (Å²) in [6, 6.07) is -0.660. The summed E-state index contributed by atoms with van der Waals surface area (Å²) in [4.78, 5) is 27.1. The molecule has 5 nitrogen and oxygen atoms in total. The number of Topliss-reactive ketones (excluding diaryl/α,β-unsaturated/α-hetero) is 1. The first-order valence-electron chi connectivity index (χ1n) is 6.60. The first kappa shape index (κ1) is 14.0. The third-order valence-corrected chi connectivity index (χ3v) is 4.34. The van der Waals surface area contributed by atoms with E-state index in [0.717, 1.165) is 12.8 Å². The summed E-state index contributed by atoms with van der Waals surface area (Å²) in [6.07, 6.45) is 6.78. The van der Waals surface area contributed by atoms with E-state index < -0.39 is 12.1 Å². The number of carbonyl (C=O) groups is 2. The van der Waals surface area contributed by atoms with Gasteiger partial charge in [0.25, 0.3) is 0 Å². The molecule has 0 aliphatic heterocycles. The first-order chi connectivity index (χ1) is 9.16. The highest BCUT2D eigenvalue weighted by Crippen LogP contribution is 2.28. The van der Waals surface area contributed by atoms with Crippen molar-refractivity contribution in [1.82, 2.24) is 10.3 Å². The summed E-state index contributed by atoms with van der Waals surface area (Å²) >= 11 is 1.25. The molecule has 1 saturated carbocycles. The minimum Gasteiger partial charge on any atom is -0.465 e. The van der Waals surface area contributed by atoms with Gasteiger partial charge in [-0.1, -0.05) is 32.1 Å². The van der Waals surface area contributed by atoms with Crippen molar-refractivity contribution in [2.75, 3.05) is 0 Å². The molecule has 0 spiro atoms. The average Bonchev–Trinajstić information content (AvgIpc) is 2.91. The molecule has 1 fully saturated rings. The number of hydrogen-bond donors (Lipinski definition) is 2. The normalized spacial score (nSPS) is 17.9. The molecule has 1 atom stereocenters. The molecule has 1 aliphatic carbocycles. The number of nitrogens with one attached hydrogen (secondary N) is 1. The summed E-state index contributed by atoms with van der Waals surface area (Å²) in [6.45, 7) is 0. The minimum absolute atomic E-state index is 0.206. The van der Waals surface area contributed by atoms with E-state index in [0.29, 0.717) is 17.3 Å². The predicted octanol–water partition coefficient (Wildman–Crippen LogP) is 2.93. The molecule has 0 saturated heterocycles. The lowest BCUT2D eigenvalue weighted by Gasteiger charge is -2.25. The van der Waals surface area contributed by atoms with Gasteiger partial charge in [-0.05, 0) is 12.3 Å². The number of rotatable bonds is 5. The van der Waals surface area contributed by atoms with Gasteiger partial charge in [-0.15, -0.1) is 11.3 Å². The van der Waals surface area contributed by atoms with E-state index in [4.69, 9.17) is 5.11 Å². The Morgan fingerprint density at radius 2 is 2.16 bits per heavy atom. The van der Waals surface area contributed by atoms with E-state index in [1.807, 2.05) is 0 Å². The zero-order valence-corrected chi connectivity index (χ0v) is 11.5. The molecule has 104 valence electrons. The monoisotopic (exact) mass is 282 g/mol. The Kier molecular flexibility index (Phi) is 4.90. The van der Waals surface area contributed by atoms with E-state index in [1.54, 1.807) is 11.6 Å². The van der Waals surface area contributed by atoms with Crippen molar-refractivity contribution in [2.24, 2.45) is 5.92 Å². The van der Waals surface area contributed by atoms with Crippen molar-refractivity contribution in [3.63, 3.8) is 0 Å². The van der Waals surface area contributed by atoms with Crippen LogP contribution in [0, 0.1) is 5.92 Å². The van der Waals surface area contributed by atoms with Gasteiger partial charge in [0.2, 0.25) is 5.78 Å². The van der Waals surface area contributed by atoms with Gasteiger partial charge in [-0.25, -0.2) is 9.78 Å². The predicted molar refractivity (Wildman–Crippen MR) is 72.6 cm³/mol. The van der Waals surface area contributed by atoms with Gasteiger partial charge >= 0.3 is 6.09 Å². The summed E-state index contributed by atoms with van der Waals surface area (Å²) in [5, 5.41) is 13.3. The maximum atomic E-state index is 12.2. The third-order valence-electron chi connectivity index (χ3n) is 3.55. The lowest BCUT2D eigenvalue weighted by molar-refractivity contribution is 0.0914. The number of carbonyl (C=O) groups excluding carboxylic acids is 1. The molecule has 0 radical (unpaired) electrons. The summed E-state index contributed by atoms with van der Waals surface area (Å²) < 4.78 is 0. The van der Waals surface area contributed by atoms with Crippen LogP contribution in [0.15, 0.2) is 11.6 Å². The van der Waals surface area contributed by atoms with Crippen LogP contribution >= 0.6 is 11.3 Å². The number of amides is 1. The fourth-order valence-electron chi connectivity index (χ4n) is 2.63. The Balaban J connectivity index is 2.02. The SMILES string of the molecule is O=C(O)NC(CC1CCCCC1)C(=O)c1nccs1. The number of nitrogens with zero attached hydrogens (tertiary/aromatic N) is 1. The zero-order chi connectivity index (χ0) is 13.7.